The van der Waals surface area contributed by atoms with E-state index in [1.54, 1.807) is 14.2 Å². The summed E-state index contributed by atoms with van der Waals surface area (Å²) in [6, 6.07) is 8.11. The molecule has 0 fully saturated rings. The zero-order valence-corrected chi connectivity index (χ0v) is 17.6. The highest BCUT2D eigenvalue weighted by Gasteiger charge is 2.08. The minimum atomic E-state index is 0. The molecular weight excluding hydrogens is 431 g/mol. The Balaban J connectivity index is 0.00000312. The van der Waals surface area contributed by atoms with Gasteiger partial charge in [0.05, 0.1) is 12.8 Å². The molecule has 2 rings (SSSR count). The van der Waals surface area contributed by atoms with E-state index >= 15 is 0 Å². The fourth-order valence-corrected chi connectivity index (χ4v) is 2.50. The van der Waals surface area contributed by atoms with Gasteiger partial charge in [-0.15, -0.1) is 24.0 Å². The van der Waals surface area contributed by atoms with E-state index in [0.717, 1.165) is 54.7 Å². The van der Waals surface area contributed by atoms with E-state index in [1.807, 2.05) is 26.0 Å². The zero-order valence-electron chi connectivity index (χ0n) is 15.3. The summed E-state index contributed by atoms with van der Waals surface area (Å²) >= 11 is 0. The summed E-state index contributed by atoms with van der Waals surface area (Å²) in [4.78, 5) is 4.25. The monoisotopic (exact) mass is 458 g/mol. The molecule has 138 valence electrons. The molecule has 0 aliphatic rings. The summed E-state index contributed by atoms with van der Waals surface area (Å²) in [5.74, 6) is 2.57. The first-order valence-electron chi connectivity index (χ1n) is 8.13. The molecule has 0 bridgehead atoms. The predicted octanol–water partition coefficient (Wildman–Crippen LogP) is 2.87. The van der Waals surface area contributed by atoms with Gasteiger partial charge in [0, 0.05) is 25.7 Å². The van der Waals surface area contributed by atoms with Gasteiger partial charge in [0.15, 0.2) is 5.96 Å². The molecule has 0 saturated heterocycles. The molecule has 7 heteroatoms. The van der Waals surface area contributed by atoms with Crippen LogP contribution in [-0.2, 0) is 12.8 Å². The minimum absolute atomic E-state index is 0. The average molecular weight is 458 g/mol. The van der Waals surface area contributed by atoms with Crippen LogP contribution in [0.1, 0.15) is 22.6 Å². The lowest BCUT2D eigenvalue weighted by molar-refractivity contribution is 0.392. The van der Waals surface area contributed by atoms with Crippen molar-refractivity contribution >= 4 is 29.9 Å². The van der Waals surface area contributed by atoms with Crippen molar-refractivity contribution in [1.29, 1.82) is 0 Å². The Hall–Kier alpha value is -1.77. The number of aliphatic imine (C=N–C) groups is 1. The van der Waals surface area contributed by atoms with Crippen molar-refractivity contribution in [1.82, 2.24) is 15.8 Å². The van der Waals surface area contributed by atoms with Crippen molar-refractivity contribution in [2.75, 3.05) is 27.2 Å². The van der Waals surface area contributed by atoms with Crippen molar-refractivity contribution in [2.24, 2.45) is 4.99 Å². The van der Waals surface area contributed by atoms with E-state index in [0.29, 0.717) is 0 Å². The second kappa shape index (κ2) is 11.0. The number of halogens is 1. The molecule has 1 aromatic carbocycles. The summed E-state index contributed by atoms with van der Waals surface area (Å²) in [6.45, 7) is 5.51. The second-order valence-electron chi connectivity index (χ2n) is 5.58. The number of ether oxygens (including phenoxy) is 1. The van der Waals surface area contributed by atoms with Gasteiger partial charge in [0.25, 0.3) is 0 Å². The van der Waals surface area contributed by atoms with E-state index < -0.39 is 0 Å². The fraction of sp³-hybridized carbons (Fsp3) is 0.444. The number of guanidine groups is 1. The van der Waals surface area contributed by atoms with Gasteiger partial charge < -0.3 is 19.9 Å². The fourth-order valence-electron chi connectivity index (χ4n) is 2.50. The van der Waals surface area contributed by atoms with Crippen LogP contribution in [0.3, 0.4) is 0 Å². The van der Waals surface area contributed by atoms with E-state index in [4.69, 9.17) is 9.26 Å². The number of nitrogens with zero attached hydrogens (tertiary/aromatic N) is 2. The Labute approximate surface area is 166 Å². The molecule has 0 aliphatic heterocycles. The highest BCUT2D eigenvalue weighted by molar-refractivity contribution is 14.0. The van der Waals surface area contributed by atoms with Crippen molar-refractivity contribution in [3.63, 3.8) is 0 Å². The van der Waals surface area contributed by atoms with Gasteiger partial charge >= 0.3 is 0 Å². The van der Waals surface area contributed by atoms with Gasteiger partial charge in [-0.3, -0.25) is 4.99 Å². The van der Waals surface area contributed by atoms with Crippen LogP contribution in [0.4, 0.5) is 0 Å². The topological polar surface area (TPSA) is 71.7 Å². The third kappa shape index (κ3) is 6.56. The molecule has 0 spiro atoms. The Bertz CT molecular complexity index is 649. The van der Waals surface area contributed by atoms with Crippen LogP contribution in [0.15, 0.2) is 33.8 Å². The van der Waals surface area contributed by atoms with Gasteiger partial charge in [-0.25, -0.2) is 0 Å². The van der Waals surface area contributed by atoms with Crippen molar-refractivity contribution in [3.8, 4) is 5.75 Å². The number of methoxy groups -OCH3 is 1. The molecule has 1 heterocycles. The molecule has 2 N–H and O–H groups in total. The number of hydrogen-bond acceptors (Lipinski definition) is 4. The van der Waals surface area contributed by atoms with Crippen molar-refractivity contribution < 1.29 is 9.26 Å². The summed E-state index contributed by atoms with van der Waals surface area (Å²) in [7, 11) is 3.45. The summed E-state index contributed by atoms with van der Waals surface area (Å²) in [6.07, 6.45) is 1.79. The zero-order chi connectivity index (χ0) is 17.4. The minimum Gasteiger partial charge on any atom is -0.497 e. The smallest absolute Gasteiger partial charge is 0.190 e. The lowest BCUT2D eigenvalue weighted by Crippen LogP contribution is -2.39. The van der Waals surface area contributed by atoms with Crippen LogP contribution >= 0.6 is 24.0 Å². The van der Waals surface area contributed by atoms with E-state index in [1.165, 1.54) is 5.56 Å². The Morgan fingerprint density at radius 1 is 1.12 bits per heavy atom. The molecule has 0 aliphatic carbocycles. The molecule has 0 atom stereocenters. The maximum atomic E-state index is 5.18. The molecule has 6 nitrogen and oxygen atoms in total. The second-order valence-corrected chi connectivity index (χ2v) is 5.58. The molecule has 0 amide bonds. The highest BCUT2D eigenvalue weighted by atomic mass is 127. The lowest BCUT2D eigenvalue weighted by Gasteiger charge is -2.12. The Kier molecular flexibility index (Phi) is 9.33. The third-order valence-electron chi connectivity index (χ3n) is 3.94. The summed E-state index contributed by atoms with van der Waals surface area (Å²) in [5, 5.41) is 10.6. The highest BCUT2D eigenvalue weighted by Crippen LogP contribution is 2.12. The van der Waals surface area contributed by atoms with Crippen LogP contribution in [0, 0.1) is 13.8 Å². The molecular formula is C18H27IN4O2. The summed E-state index contributed by atoms with van der Waals surface area (Å²) < 4.78 is 10.3. The van der Waals surface area contributed by atoms with Crippen LogP contribution in [0.5, 0.6) is 5.75 Å². The average Bonchev–Trinajstić information content (AvgIpc) is 2.92. The lowest BCUT2D eigenvalue weighted by atomic mass is 10.1. The SMILES string of the molecule is CN=C(NCCc1ccc(OC)cc1)NCCc1c(C)noc1C.I. The first-order chi connectivity index (χ1) is 11.6. The van der Waals surface area contributed by atoms with Gasteiger partial charge in [-0.1, -0.05) is 17.3 Å². The van der Waals surface area contributed by atoms with Crippen molar-refractivity contribution in [3.05, 3.63) is 46.8 Å². The summed E-state index contributed by atoms with van der Waals surface area (Å²) in [5.41, 5.74) is 3.38. The maximum Gasteiger partial charge on any atom is 0.190 e. The van der Waals surface area contributed by atoms with E-state index in [-0.39, 0.29) is 24.0 Å². The molecule has 0 saturated carbocycles. The van der Waals surface area contributed by atoms with Crippen LogP contribution in [0.2, 0.25) is 0 Å². The number of aromatic nitrogens is 1. The number of nitrogens with one attached hydrogen (secondary N) is 2. The predicted molar refractivity (Wildman–Crippen MR) is 111 cm³/mol. The van der Waals surface area contributed by atoms with Gasteiger partial charge in [-0.2, -0.15) is 0 Å². The standard InChI is InChI=1S/C18H26N4O2.HI/c1-13-17(14(2)24-22-13)10-12-21-18(19-3)20-11-9-15-5-7-16(23-4)8-6-15;/h5-8H,9-12H2,1-4H3,(H2,19,20,21);1H. The molecule has 1 aromatic heterocycles. The van der Waals surface area contributed by atoms with E-state index in [9.17, 15) is 0 Å². The van der Waals surface area contributed by atoms with Gasteiger partial charge in [-0.05, 0) is 44.4 Å². The quantitative estimate of drug-likeness (QED) is 0.380. The first-order valence-corrected chi connectivity index (χ1v) is 8.13. The van der Waals surface area contributed by atoms with Crippen LogP contribution in [0.25, 0.3) is 0 Å². The number of hydrogen-bond donors (Lipinski definition) is 2. The number of rotatable bonds is 7. The number of benzene rings is 1. The number of aryl methyl sites for hydroxylation is 2. The molecule has 25 heavy (non-hydrogen) atoms. The van der Waals surface area contributed by atoms with Gasteiger partial charge in [0.1, 0.15) is 11.5 Å². The first kappa shape index (κ1) is 21.3. The van der Waals surface area contributed by atoms with Crippen LogP contribution in [-0.4, -0.2) is 38.4 Å². The molecule has 0 radical (unpaired) electrons. The van der Waals surface area contributed by atoms with Crippen molar-refractivity contribution in [2.45, 2.75) is 26.7 Å². The van der Waals surface area contributed by atoms with Crippen LogP contribution < -0.4 is 15.4 Å². The molecule has 2 aromatic rings. The van der Waals surface area contributed by atoms with E-state index in [2.05, 4.69) is 32.9 Å². The van der Waals surface area contributed by atoms with Gasteiger partial charge in [0.2, 0.25) is 0 Å². The Morgan fingerprint density at radius 3 is 2.28 bits per heavy atom. The maximum absolute atomic E-state index is 5.18. The largest absolute Gasteiger partial charge is 0.497 e. The Morgan fingerprint density at radius 2 is 1.76 bits per heavy atom. The normalized spacial score (nSPS) is 11.0. The third-order valence-corrected chi connectivity index (χ3v) is 3.94. The molecule has 0 unspecified atom stereocenters.